The van der Waals surface area contributed by atoms with Gasteiger partial charge in [-0.1, -0.05) is 18.2 Å². The van der Waals surface area contributed by atoms with E-state index >= 15 is 0 Å². The molecule has 0 amide bonds. The van der Waals surface area contributed by atoms with Gasteiger partial charge in [0.2, 0.25) is 0 Å². The molecule has 1 aromatic heterocycles. The molecule has 0 saturated heterocycles. The fourth-order valence-electron chi connectivity index (χ4n) is 2.59. The van der Waals surface area contributed by atoms with E-state index in [4.69, 9.17) is 5.73 Å². The molecule has 0 atom stereocenters. The normalized spacial score (nSPS) is 14.6. The fraction of sp³-hybridized carbons (Fsp3) is 0.357. The summed E-state index contributed by atoms with van der Waals surface area (Å²) in [5.74, 6) is 0.718. The fourth-order valence-corrected chi connectivity index (χ4v) is 2.59. The predicted octanol–water partition coefficient (Wildman–Crippen LogP) is 1.96. The third-order valence-electron chi connectivity index (χ3n) is 3.53. The summed E-state index contributed by atoms with van der Waals surface area (Å²) in [7, 11) is 1.88. The Labute approximate surface area is 107 Å². The highest BCUT2D eigenvalue weighted by molar-refractivity contribution is 5.55. The summed E-state index contributed by atoms with van der Waals surface area (Å²) in [5.41, 5.74) is 9.63. The highest BCUT2D eigenvalue weighted by atomic mass is 15.3. The Morgan fingerprint density at radius 2 is 2.17 bits per heavy atom. The van der Waals surface area contributed by atoms with Gasteiger partial charge >= 0.3 is 0 Å². The lowest BCUT2D eigenvalue weighted by molar-refractivity contribution is 0.669. The predicted molar refractivity (Wildman–Crippen MR) is 73.4 cm³/mol. The van der Waals surface area contributed by atoms with Crippen molar-refractivity contribution < 1.29 is 0 Å². The van der Waals surface area contributed by atoms with Gasteiger partial charge in [0.25, 0.3) is 0 Å². The molecule has 4 nitrogen and oxygen atoms in total. The van der Waals surface area contributed by atoms with Crippen molar-refractivity contribution in [3.63, 3.8) is 0 Å². The number of nitrogen functional groups attached to an aromatic ring is 1. The Kier molecular flexibility index (Phi) is 2.70. The van der Waals surface area contributed by atoms with Gasteiger partial charge in [-0.3, -0.25) is 4.68 Å². The summed E-state index contributed by atoms with van der Waals surface area (Å²) in [5, 5.41) is 4.43. The Morgan fingerprint density at radius 1 is 1.33 bits per heavy atom. The van der Waals surface area contributed by atoms with E-state index in [1.54, 1.807) is 4.68 Å². The van der Waals surface area contributed by atoms with E-state index in [9.17, 15) is 0 Å². The molecule has 2 heterocycles. The molecule has 0 radical (unpaired) electrons. The molecule has 4 heteroatoms. The van der Waals surface area contributed by atoms with E-state index in [1.807, 2.05) is 13.1 Å². The Morgan fingerprint density at radius 3 is 2.94 bits per heavy atom. The van der Waals surface area contributed by atoms with Gasteiger partial charge < -0.3 is 10.6 Å². The standard InChI is InChI=1S/C14H18N4/c1-17-14(15)9-12(16-17)10-18-8-4-6-11-5-2-3-7-13(11)18/h2-3,5,7,9H,4,6,8,10,15H2,1H3. The number of hydrogen-bond acceptors (Lipinski definition) is 3. The number of aromatic nitrogens is 2. The van der Waals surface area contributed by atoms with Crippen molar-refractivity contribution >= 4 is 11.5 Å². The smallest absolute Gasteiger partial charge is 0.121 e. The van der Waals surface area contributed by atoms with Crippen LogP contribution >= 0.6 is 0 Å². The first-order valence-corrected chi connectivity index (χ1v) is 6.35. The largest absolute Gasteiger partial charge is 0.384 e. The summed E-state index contributed by atoms with van der Waals surface area (Å²) in [6.07, 6.45) is 2.39. The number of para-hydroxylation sites is 1. The van der Waals surface area contributed by atoms with Crippen LogP contribution in [0.5, 0.6) is 0 Å². The molecule has 0 aliphatic carbocycles. The third-order valence-corrected chi connectivity index (χ3v) is 3.53. The molecule has 1 aliphatic rings. The molecule has 18 heavy (non-hydrogen) atoms. The van der Waals surface area contributed by atoms with Gasteiger partial charge in [0.15, 0.2) is 0 Å². The Balaban J connectivity index is 1.86. The van der Waals surface area contributed by atoms with E-state index in [2.05, 4.69) is 34.3 Å². The van der Waals surface area contributed by atoms with Crippen molar-refractivity contribution in [2.45, 2.75) is 19.4 Å². The molecule has 94 valence electrons. The number of nitrogens with zero attached hydrogens (tertiary/aromatic N) is 3. The maximum absolute atomic E-state index is 5.82. The van der Waals surface area contributed by atoms with Crippen molar-refractivity contribution in [3.05, 3.63) is 41.6 Å². The summed E-state index contributed by atoms with van der Waals surface area (Å²) in [6.45, 7) is 1.93. The molecule has 1 aliphatic heterocycles. The molecular formula is C14H18N4. The van der Waals surface area contributed by atoms with Gasteiger partial charge in [-0.25, -0.2) is 0 Å². The minimum Gasteiger partial charge on any atom is -0.384 e. The molecule has 0 spiro atoms. The highest BCUT2D eigenvalue weighted by Crippen LogP contribution is 2.27. The summed E-state index contributed by atoms with van der Waals surface area (Å²) in [6, 6.07) is 10.6. The zero-order valence-corrected chi connectivity index (χ0v) is 10.6. The number of fused-ring (bicyclic) bond motifs is 1. The molecule has 2 aromatic rings. The number of rotatable bonds is 2. The lowest BCUT2D eigenvalue weighted by Gasteiger charge is -2.30. The van der Waals surface area contributed by atoms with Gasteiger partial charge in [-0.15, -0.1) is 0 Å². The SMILES string of the molecule is Cn1nc(CN2CCCc3ccccc32)cc1N. The molecule has 0 saturated carbocycles. The lowest BCUT2D eigenvalue weighted by Crippen LogP contribution is -2.28. The van der Waals surface area contributed by atoms with E-state index < -0.39 is 0 Å². The van der Waals surface area contributed by atoms with E-state index in [0.29, 0.717) is 0 Å². The number of aryl methyl sites for hydroxylation is 2. The zero-order valence-electron chi connectivity index (χ0n) is 10.6. The van der Waals surface area contributed by atoms with Crippen LogP contribution in [0.3, 0.4) is 0 Å². The summed E-state index contributed by atoms with van der Waals surface area (Å²) < 4.78 is 1.73. The summed E-state index contributed by atoms with van der Waals surface area (Å²) >= 11 is 0. The third kappa shape index (κ3) is 1.94. The van der Waals surface area contributed by atoms with Crippen LogP contribution in [-0.4, -0.2) is 16.3 Å². The number of anilines is 2. The van der Waals surface area contributed by atoms with Crippen molar-refractivity contribution in [2.24, 2.45) is 7.05 Å². The molecular weight excluding hydrogens is 224 g/mol. The van der Waals surface area contributed by atoms with Gasteiger partial charge in [-0.2, -0.15) is 5.10 Å². The van der Waals surface area contributed by atoms with Crippen molar-refractivity contribution in [2.75, 3.05) is 17.2 Å². The quantitative estimate of drug-likeness (QED) is 0.875. The van der Waals surface area contributed by atoms with Crippen molar-refractivity contribution in [1.82, 2.24) is 9.78 Å². The number of hydrogen-bond donors (Lipinski definition) is 1. The van der Waals surface area contributed by atoms with Crippen LogP contribution < -0.4 is 10.6 Å². The summed E-state index contributed by atoms with van der Waals surface area (Å²) in [4.78, 5) is 2.39. The first kappa shape index (κ1) is 11.1. The maximum atomic E-state index is 5.82. The molecule has 0 fully saturated rings. The van der Waals surface area contributed by atoms with E-state index in [-0.39, 0.29) is 0 Å². The van der Waals surface area contributed by atoms with E-state index in [0.717, 1.165) is 24.6 Å². The molecule has 1 aromatic carbocycles. The van der Waals surface area contributed by atoms with Crippen LogP contribution in [-0.2, 0) is 20.0 Å². The van der Waals surface area contributed by atoms with Gasteiger partial charge in [0, 0.05) is 25.3 Å². The van der Waals surface area contributed by atoms with Crippen LogP contribution in [0.15, 0.2) is 30.3 Å². The Bertz CT molecular complexity index is 539. The van der Waals surface area contributed by atoms with Gasteiger partial charge in [-0.05, 0) is 24.5 Å². The zero-order chi connectivity index (χ0) is 12.5. The van der Waals surface area contributed by atoms with Crippen LogP contribution in [0.2, 0.25) is 0 Å². The molecule has 0 unspecified atom stereocenters. The molecule has 3 rings (SSSR count). The first-order chi connectivity index (χ1) is 8.74. The lowest BCUT2D eigenvalue weighted by atomic mass is 10.0. The van der Waals surface area contributed by atoms with Crippen molar-refractivity contribution in [1.29, 1.82) is 0 Å². The average Bonchev–Trinajstić information content (AvgIpc) is 2.69. The number of nitrogens with two attached hydrogens (primary N) is 1. The van der Waals surface area contributed by atoms with Crippen LogP contribution in [0.1, 0.15) is 17.7 Å². The van der Waals surface area contributed by atoms with E-state index in [1.165, 1.54) is 24.1 Å². The minimum absolute atomic E-state index is 0.718. The van der Waals surface area contributed by atoms with Gasteiger partial charge in [0.05, 0.1) is 12.2 Å². The number of benzene rings is 1. The molecule has 2 N–H and O–H groups in total. The highest BCUT2D eigenvalue weighted by Gasteiger charge is 2.17. The minimum atomic E-state index is 0.718. The van der Waals surface area contributed by atoms with Crippen LogP contribution in [0.4, 0.5) is 11.5 Å². The van der Waals surface area contributed by atoms with Crippen LogP contribution in [0, 0.1) is 0 Å². The second-order valence-corrected chi connectivity index (χ2v) is 4.84. The average molecular weight is 242 g/mol. The van der Waals surface area contributed by atoms with Crippen molar-refractivity contribution in [3.8, 4) is 0 Å². The van der Waals surface area contributed by atoms with Crippen LogP contribution in [0.25, 0.3) is 0 Å². The maximum Gasteiger partial charge on any atom is 0.121 e. The second-order valence-electron chi connectivity index (χ2n) is 4.84. The van der Waals surface area contributed by atoms with Gasteiger partial charge in [0.1, 0.15) is 5.82 Å². The monoisotopic (exact) mass is 242 g/mol. The Hall–Kier alpha value is -1.97. The molecule has 0 bridgehead atoms. The topological polar surface area (TPSA) is 47.1 Å². The first-order valence-electron chi connectivity index (χ1n) is 6.35. The second kappa shape index (κ2) is 4.37.